The summed E-state index contributed by atoms with van der Waals surface area (Å²) in [4.78, 5) is 11.8. The maximum Gasteiger partial charge on any atom is 0.237 e. The van der Waals surface area contributed by atoms with E-state index in [4.69, 9.17) is 4.74 Å². The third kappa shape index (κ3) is 2.45. The lowest BCUT2D eigenvalue weighted by molar-refractivity contribution is -0.124. The van der Waals surface area contributed by atoms with Gasteiger partial charge in [-0.2, -0.15) is 0 Å². The van der Waals surface area contributed by atoms with Gasteiger partial charge in [-0.25, -0.2) is 0 Å². The third-order valence-electron chi connectivity index (χ3n) is 4.12. The van der Waals surface area contributed by atoms with Crippen LogP contribution in [0.3, 0.4) is 0 Å². The summed E-state index contributed by atoms with van der Waals surface area (Å²) in [7, 11) is 1.69. The number of methoxy groups -OCH3 is 1. The predicted octanol–water partition coefficient (Wildman–Crippen LogP) is 1.55. The maximum absolute atomic E-state index is 11.8. The van der Waals surface area contributed by atoms with Gasteiger partial charge in [0.25, 0.3) is 0 Å². The molecule has 1 aliphatic carbocycles. The number of benzene rings is 1. The van der Waals surface area contributed by atoms with Crippen molar-refractivity contribution in [3.8, 4) is 5.75 Å². The number of nitrogens with one attached hydrogen (secondary N) is 2. The van der Waals surface area contributed by atoms with Gasteiger partial charge in [-0.15, -0.1) is 0 Å². The van der Waals surface area contributed by atoms with Crippen LogP contribution in [0.2, 0.25) is 0 Å². The summed E-state index contributed by atoms with van der Waals surface area (Å²) in [5.41, 5.74) is 2.66. The topological polar surface area (TPSA) is 50.4 Å². The number of hydrogen-bond donors (Lipinski definition) is 2. The zero-order valence-corrected chi connectivity index (χ0v) is 11.2. The summed E-state index contributed by atoms with van der Waals surface area (Å²) in [6.45, 7) is 0.812. The Morgan fingerprint density at radius 2 is 2.21 bits per heavy atom. The minimum Gasteiger partial charge on any atom is -0.497 e. The summed E-state index contributed by atoms with van der Waals surface area (Å²) in [6, 6.07) is 6.47. The van der Waals surface area contributed by atoms with Crippen LogP contribution in [0, 0.1) is 0 Å². The highest BCUT2D eigenvalue weighted by Crippen LogP contribution is 2.34. The number of fused-ring (bicyclic) bond motifs is 1. The van der Waals surface area contributed by atoms with E-state index in [9.17, 15) is 4.79 Å². The SMILES string of the molecule is COc1ccc2c(c1)C(NC1CCCNC1=O)CC2. The van der Waals surface area contributed by atoms with Gasteiger partial charge in [0.2, 0.25) is 5.91 Å². The Labute approximate surface area is 113 Å². The quantitative estimate of drug-likeness (QED) is 0.867. The van der Waals surface area contributed by atoms with Gasteiger partial charge in [0, 0.05) is 12.6 Å². The Balaban J connectivity index is 1.76. The highest BCUT2D eigenvalue weighted by Gasteiger charge is 2.29. The fraction of sp³-hybridized carbons (Fsp3) is 0.533. The number of aryl methyl sites for hydroxylation is 1. The molecule has 4 nitrogen and oxygen atoms in total. The minimum absolute atomic E-state index is 0.0455. The number of carbonyl (C=O) groups is 1. The van der Waals surface area contributed by atoms with E-state index in [1.165, 1.54) is 11.1 Å². The molecule has 1 amide bonds. The van der Waals surface area contributed by atoms with Crippen molar-refractivity contribution in [2.24, 2.45) is 0 Å². The van der Waals surface area contributed by atoms with Crippen LogP contribution < -0.4 is 15.4 Å². The van der Waals surface area contributed by atoms with Crippen molar-refractivity contribution >= 4 is 5.91 Å². The zero-order chi connectivity index (χ0) is 13.2. The number of rotatable bonds is 3. The normalized spacial score (nSPS) is 25.8. The molecular formula is C15H20N2O2. The second-order valence-corrected chi connectivity index (χ2v) is 5.31. The van der Waals surface area contributed by atoms with E-state index >= 15 is 0 Å². The summed E-state index contributed by atoms with van der Waals surface area (Å²) in [6.07, 6.45) is 4.13. The van der Waals surface area contributed by atoms with E-state index in [0.29, 0.717) is 0 Å². The monoisotopic (exact) mass is 260 g/mol. The lowest BCUT2D eigenvalue weighted by Gasteiger charge is -2.26. The molecule has 1 heterocycles. The van der Waals surface area contributed by atoms with Crippen molar-refractivity contribution in [2.75, 3.05) is 13.7 Å². The Morgan fingerprint density at radius 3 is 3.00 bits per heavy atom. The first-order valence-electron chi connectivity index (χ1n) is 6.98. The second kappa shape index (κ2) is 5.21. The molecule has 19 heavy (non-hydrogen) atoms. The molecule has 1 aromatic rings. The van der Waals surface area contributed by atoms with Crippen molar-refractivity contribution in [1.82, 2.24) is 10.6 Å². The first-order valence-corrected chi connectivity index (χ1v) is 6.98. The van der Waals surface area contributed by atoms with Crippen LogP contribution in [0.1, 0.15) is 36.4 Å². The smallest absolute Gasteiger partial charge is 0.237 e. The number of amides is 1. The second-order valence-electron chi connectivity index (χ2n) is 5.31. The third-order valence-corrected chi connectivity index (χ3v) is 4.12. The summed E-state index contributed by atoms with van der Waals surface area (Å²) < 4.78 is 5.29. The minimum atomic E-state index is -0.0455. The van der Waals surface area contributed by atoms with E-state index < -0.39 is 0 Å². The molecule has 0 spiro atoms. The highest BCUT2D eigenvalue weighted by molar-refractivity contribution is 5.82. The number of ether oxygens (including phenoxy) is 1. The lowest BCUT2D eigenvalue weighted by Crippen LogP contribution is -2.49. The van der Waals surface area contributed by atoms with Crippen molar-refractivity contribution < 1.29 is 9.53 Å². The fourth-order valence-corrected chi connectivity index (χ4v) is 3.05. The summed E-state index contributed by atoms with van der Waals surface area (Å²) in [5.74, 6) is 1.03. The Bertz CT molecular complexity index is 487. The average Bonchev–Trinajstić information content (AvgIpc) is 2.84. The molecular weight excluding hydrogens is 240 g/mol. The van der Waals surface area contributed by atoms with Crippen LogP contribution in [-0.4, -0.2) is 25.6 Å². The van der Waals surface area contributed by atoms with Gasteiger partial charge in [0.05, 0.1) is 13.2 Å². The molecule has 1 aromatic carbocycles. The lowest BCUT2D eigenvalue weighted by atomic mass is 10.0. The van der Waals surface area contributed by atoms with Gasteiger partial charge < -0.3 is 10.1 Å². The maximum atomic E-state index is 11.8. The van der Waals surface area contributed by atoms with Crippen LogP contribution >= 0.6 is 0 Å². The molecule has 3 rings (SSSR count). The molecule has 1 fully saturated rings. The van der Waals surface area contributed by atoms with Crippen LogP contribution in [0.4, 0.5) is 0 Å². The van der Waals surface area contributed by atoms with E-state index in [-0.39, 0.29) is 18.0 Å². The Morgan fingerprint density at radius 1 is 1.32 bits per heavy atom. The number of piperidine rings is 1. The number of carbonyl (C=O) groups excluding carboxylic acids is 1. The molecule has 0 bridgehead atoms. The molecule has 2 atom stereocenters. The Kier molecular flexibility index (Phi) is 3.42. The predicted molar refractivity (Wildman–Crippen MR) is 73.2 cm³/mol. The zero-order valence-electron chi connectivity index (χ0n) is 11.2. The van der Waals surface area contributed by atoms with E-state index in [1.54, 1.807) is 7.11 Å². The first kappa shape index (κ1) is 12.5. The van der Waals surface area contributed by atoms with E-state index in [1.807, 2.05) is 6.07 Å². The van der Waals surface area contributed by atoms with Gasteiger partial charge in [0.1, 0.15) is 5.75 Å². The van der Waals surface area contributed by atoms with Crippen LogP contribution in [0.5, 0.6) is 5.75 Å². The number of hydrogen-bond acceptors (Lipinski definition) is 3. The van der Waals surface area contributed by atoms with E-state index in [0.717, 1.165) is 38.0 Å². The molecule has 2 unspecified atom stereocenters. The molecule has 4 heteroatoms. The molecule has 0 radical (unpaired) electrons. The Hall–Kier alpha value is -1.55. The van der Waals surface area contributed by atoms with Gasteiger partial charge in [-0.05, 0) is 48.9 Å². The molecule has 0 saturated carbocycles. The van der Waals surface area contributed by atoms with Crippen LogP contribution in [-0.2, 0) is 11.2 Å². The largest absolute Gasteiger partial charge is 0.497 e. The molecule has 2 N–H and O–H groups in total. The van der Waals surface area contributed by atoms with Gasteiger partial charge in [-0.1, -0.05) is 6.07 Å². The van der Waals surface area contributed by atoms with Gasteiger partial charge in [0.15, 0.2) is 0 Å². The van der Waals surface area contributed by atoms with Crippen molar-refractivity contribution in [1.29, 1.82) is 0 Å². The highest BCUT2D eigenvalue weighted by atomic mass is 16.5. The molecule has 2 aliphatic rings. The fourth-order valence-electron chi connectivity index (χ4n) is 3.05. The standard InChI is InChI=1S/C15H20N2O2/c1-19-11-6-4-10-5-7-13(12(10)9-11)17-14-3-2-8-16-15(14)18/h4,6,9,13-14,17H,2-3,5,7-8H2,1H3,(H,16,18). The van der Waals surface area contributed by atoms with Crippen molar-refractivity contribution in [3.05, 3.63) is 29.3 Å². The van der Waals surface area contributed by atoms with Crippen molar-refractivity contribution in [3.63, 3.8) is 0 Å². The van der Waals surface area contributed by atoms with Gasteiger partial charge >= 0.3 is 0 Å². The molecule has 102 valence electrons. The van der Waals surface area contributed by atoms with Gasteiger partial charge in [-0.3, -0.25) is 10.1 Å². The van der Waals surface area contributed by atoms with Crippen molar-refractivity contribution in [2.45, 2.75) is 37.8 Å². The van der Waals surface area contributed by atoms with Crippen LogP contribution in [0.15, 0.2) is 18.2 Å². The average molecular weight is 260 g/mol. The molecule has 1 aliphatic heterocycles. The van der Waals surface area contributed by atoms with E-state index in [2.05, 4.69) is 22.8 Å². The summed E-state index contributed by atoms with van der Waals surface area (Å²) >= 11 is 0. The molecule has 1 saturated heterocycles. The summed E-state index contributed by atoms with van der Waals surface area (Å²) in [5, 5.41) is 6.43. The first-order chi connectivity index (χ1) is 9.28. The molecule has 0 aromatic heterocycles. The van der Waals surface area contributed by atoms with Crippen LogP contribution in [0.25, 0.3) is 0 Å².